The van der Waals surface area contributed by atoms with E-state index in [0.29, 0.717) is 19.8 Å². The minimum Gasteiger partial charge on any atom is -0.377 e. The number of hydrogen-bond donors (Lipinski definition) is 1. The van der Waals surface area contributed by atoms with E-state index in [0.717, 1.165) is 23.0 Å². The number of benzene rings is 1. The Hall–Kier alpha value is -1.85. The average Bonchev–Trinajstić information content (AvgIpc) is 2.94. The quantitative estimate of drug-likeness (QED) is 0.932. The van der Waals surface area contributed by atoms with Gasteiger partial charge in [0.2, 0.25) is 0 Å². The third kappa shape index (κ3) is 2.94. The van der Waals surface area contributed by atoms with Crippen molar-refractivity contribution in [3.8, 4) is 0 Å². The number of amides is 1. The lowest BCUT2D eigenvalue weighted by molar-refractivity contribution is -0.00829. The van der Waals surface area contributed by atoms with Gasteiger partial charge in [-0.15, -0.1) is 0 Å². The first kappa shape index (κ1) is 14.1. The molecule has 0 spiro atoms. The van der Waals surface area contributed by atoms with E-state index in [4.69, 9.17) is 4.74 Å². The van der Waals surface area contributed by atoms with Crippen molar-refractivity contribution in [3.63, 3.8) is 0 Å². The van der Waals surface area contributed by atoms with Crippen LogP contribution in [0.1, 0.15) is 10.4 Å². The highest BCUT2D eigenvalue weighted by Gasteiger charge is 2.28. The molecule has 1 aromatic heterocycles. The van der Waals surface area contributed by atoms with E-state index >= 15 is 0 Å². The number of nitrogens with one attached hydrogen (secondary N) is 1. The molecule has 1 aliphatic rings. The Morgan fingerprint density at radius 1 is 1.43 bits per heavy atom. The Labute approximate surface area is 124 Å². The van der Waals surface area contributed by atoms with Gasteiger partial charge in [-0.25, -0.2) is 0 Å². The SMILES string of the molecule is CN(C)CC1COCCN1C(=O)c1ccc2[nH]ccc2c1. The van der Waals surface area contributed by atoms with Gasteiger partial charge in [0.05, 0.1) is 19.3 Å². The summed E-state index contributed by atoms with van der Waals surface area (Å²) in [7, 11) is 4.03. The molecule has 5 nitrogen and oxygen atoms in total. The van der Waals surface area contributed by atoms with Crippen LogP contribution in [0.4, 0.5) is 0 Å². The molecule has 112 valence electrons. The Morgan fingerprint density at radius 3 is 3.10 bits per heavy atom. The third-order valence-corrected chi connectivity index (χ3v) is 3.86. The smallest absolute Gasteiger partial charge is 0.254 e. The molecule has 1 unspecified atom stereocenters. The zero-order valence-corrected chi connectivity index (χ0v) is 12.5. The molecule has 0 radical (unpaired) electrons. The number of aromatic amines is 1. The third-order valence-electron chi connectivity index (χ3n) is 3.86. The number of rotatable bonds is 3. The van der Waals surface area contributed by atoms with E-state index in [1.807, 2.05) is 49.5 Å². The van der Waals surface area contributed by atoms with Crippen LogP contribution >= 0.6 is 0 Å². The topological polar surface area (TPSA) is 48.6 Å². The van der Waals surface area contributed by atoms with Crippen LogP contribution in [0.15, 0.2) is 30.5 Å². The molecule has 21 heavy (non-hydrogen) atoms. The largest absolute Gasteiger partial charge is 0.377 e. The maximum absolute atomic E-state index is 12.8. The number of nitrogens with zero attached hydrogens (tertiary/aromatic N) is 2. The number of morpholine rings is 1. The van der Waals surface area contributed by atoms with Crippen LogP contribution in [-0.4, -0.2) is 67.1 Å². The van der Waals surface area contributed by atoms with Crippen LogP contribution in [-0.2, 0) is 4.74 Å². The fraction of sp³-hybridized carbons (Fsp3) is 0.438. The lowest BCUT2D eigenvalue weighted by Crippen LogP contribution is -2.52. The van der Waals surface area contributed by atoms with Gasteiger partial charge in [0, 0.05) is 35.8 Å². The summed E-state index contributed by atoms with van der Waals surface area (Å²) < 4.78 is 5.53. The molecule has 2 aromatic rings. The van der Waals surface area contributed by atoms with E-state index in [-0.39, 0.29) is 11.9 Å². The lowest BCUT2D eigenvalue weighted by atomic mass is 10.1. The van der Waals surface area contributed by atoms with Gasteiger partial charge in [-0.1, -0.05) is 0 Å². The van der Waals surface area contributed by atoms with Crippen molar-refractivity contribution in [2.75, 3.05) is 40.4 Å². The second-order valence-electron chi connectivity index (χ2n) is 5.77. The predicted molar refractivity (Wildman–Crippen MR) is 82.5 cm³/mol. The van der Waals surface area contributed by atoms with Crippen molar-refractivity contribution in [2.45, 2.75) is 6.04 Å². The van der Waals surface area contributed by atoms with E-state index in [1.54, 1.807) is 0 Å². The molecule has 1 aromatic carbocycles. The Balaban J connectivity index is 1.84. The lowest BCUT2D eigenvalue weighted by Gasteiger charge is -2.37. The first-order valence-electron chi connectivity index (χ1n) is 7.26. The maximum atomic E-state index is 12.8. The average molecular weight is 287 g/mol. The van der Waals surface area contributed by atoms with Gasteiger partial charge in [0.25, 0.3) is 5.91 Å². The van der Waals surface area contributed by atoms with Crippen LogP contribution in [0.5, 0.6) is 0 Å². The van der Waals surface area contributed by atoms with Crippen molar-refractivity contribution in [2.24, 2.45) is 0 Å². The first-order chi connectivity index (χ1) is 10.1. The molecule has 1 saturated heterocycles. The van der Waals surface area contributed by atoms with Crippen molar-refractivity contribution < 1.29 is 9.53 Å². The summed E-state index contributed by atoms with van der Waals surface area (Å²) in [6.45, 7) is 2.69. The molecule has 2 heterocycles. The zero-order chi connectivity index (χ0) is 14.8. The molecule has 1 amide bonds. The number of H-pyrrole nitrogens is 1. The highest BCUT2D eigenvalue weighted by atomic mass is 16.5. The number of carbonyl (C=O) groups is 1. The fourth-order valence-electron chi connectivity index (χ4n) is 2.85. The number of aromatic nitrogens is 1. The van der Waals surface area contributed by atoms with Crippen LogP contribution in [0.2, 0.25) is 0 Å². The maximum Gasteiger partial charge on any atom is 0.254 e. The van der Waals surface area contributed by atoms with Gasteiger partial charge in [0.1, 0.15) is 0 Å². The van der Waals surface area contributed by atoms with Gasteiger partial charge in [-0.3, -0.25) is 4.79 Å². The number of carbonyl (C=O) groups excluding carboxylic acids is 1. The molecule has 1 fully saturated rings. The fourth-order valence-corrected chi connectivity index (χ4v) is 2.85. The van der Waals surface area contributed by atoms with Crippen molar-refractivity contribution >= 4 is 16.8 Å². The van der Waals surface area contributed by atoms with Gasteiger partial charge < -0.3 is 19.5 Å². The van der Waals surface area contributed by atoms with Crippen LogP contribution in [0.3, 0.4) is 0 Å². The van der Waals surface area contributed by atoms with Crippen molar-refractivity contribution in [3.05, 3.63) is 36.0 Å². The number of likely N-dealkylation sites (N-methyl/N-ethyl adjacent to an activating group) is 1. The number of fused-ring (bicyclic) bond motifs is 1. The highest BCUT2D eigenvalue weighted by Crippen LogP contribution is 2.18. The van der Waals surface area contributed by atoms with Crippen LogP contribution in [0.25, 0.3) is 10.9 Å². The predicted octanol–water partition coefficient (Wildman–Crippen LogP) is 1.57. The summed E-state index contributed by atoms with van der Waals surface area (Å²) in [6, 6.07) is 7.91. The molecule has 5 heteroatoms. The summed E-state index contributed by atoms with van der Waals surface area (Å²) in [5.74, 6) is 0.0910. The van der Waals surface area contributed by atoms with Gasteiger partial charge in [-0.2, -0.15) is 0 Å². The monoisotopic (exact) mass is 287 g/mol. The molecule has 0 bridgehead atoms. The summed E-state index contributed by atoms with van der Waals surface area (Å²) >= 11 is 0. The highest BCUT2D eigenvalue weighted by molar-refractivity contribution is 5.98. The normalized spacial score (nSPS) is 19.4. The summed E-state index contributed by atoms with van der Waals surface area (Å²) in [4.78, 5) is 20.0. The zero-order valence-electron chi connectivity index (χ0n) is 12.5. The number of ether oxygens (including phenoxy) is 1. The van der Waals surface area contributed by atoms with E-state index in [1.165, 1.54) is 0 Å². The molecule has 3 rings (SSSR count). The Bertz CT molecular complexity index is 635. The Kier molecular flexibility index (Phi) is 3.94. The number of hydrogen-bond acceptors (Lipinski definition) is 3. The second kappa shape index (κ2) is 5.87. The summed E-state index contributed by atoms with van der Waals surface area (Å²) in [5, 5.41) is 1.07. The standard InChI is InChI=1S/C16H21N3O2/c1-18(2)10-14-11-21-8-7-19(14)16(20)13-3-4-15-12(9-13)5-6-17-15/h3-6,9,14,17H,7-8,10-11H2,1-2H3. The molecule has 1 N–H and O–H groups in total. The molecule has 1 aliphatic heterocycles. The molecule has 0 saturated carbocycles. The second-order valence-corrected chi connectivity index (χ2v) is 5.77. The minimum atomic E-state index is 0.0910. The van der Waals surface area contributed by atoms with Gasteiger partial charge in [0.15, 0.2) is 0 Å². The summed E-state index contributed by atoms with van der Waals surface area (Å²) in [6.07, 6.45) is 1.89. The van der Waals surface area contributed by atoms with E-state index in [9.17, 15) is 4.79 Å². The van der Waals surface area contributed by atoms with Crippen molar-refractivity contribution in [1.82, 2.24) is 14.8 Å². The van der Waals surface area contributed by atoms with E-state index in [2.05, 4.69) is 9.88 Å². The van der Waals surface area contributed by atoms with Crippen molar-refractivity contribution in [1.29, 1.82) is 0 Å². The molecular formula is C16H21N3O2. The molecule has 1 atom stereocenters. The van der Waals surface area contributed by atoms with Crippen LogP contribution < -0.4 is 0 Å². The summed E-state index contributed by atoms with van der Waals surface area (Å²) in [5.41, 5.74) is 1.80. The van der Waals surface area contributed by atoms with E-state index < -0.39 is 0 Å². The molecule has 0 aliphatic carbocycles. The van der Waals surface area contributed by atoms with Crippen LogP contribution in [0, 0.1) is 0 Å². The Morgan fingerprint density at radius 2 is 2.29 bits per heavy atom. The van der Waals surface area contributed by atoms with Gasteiger partial charge >= 0.3 is 0 Å². The first-order valence-corrected chi connectivity index (χ1v) is 7.26. The van der Waals surface area contributed by atoms with Gasteiger partial charge in [-0.05, 0) is 38.4 Å². The minimum absolute atomic E-state index is 0.0910. The molecular weight excluding hydrogens is 266 g/mol.